The molecule has 0 radical (unpaired) electrons. The Bertz CT molecular complexity index is 1720. The van der Waals surface area contributed by atoms with Gasteiger partial charge in [0.2, 0.25) is 0 Å². The lowest BCUT2D eigenvalue weighted by atomic mass is 10.0. The fourth-order valence-corrected chi connectivity index (χ4v) is 13.6. The number of hydrogen-bond acceptors (Lipinski definition) is 7. The second kappa shape index (κ2) is 23.5. The molecular formula is C51H70O7Si. The molecule has 0 spiro atoms. The topological polar surface area (TPSA) is 94.5 Å². The van der Waals surface area contributed by atoms with Crippen molar-refractivity contribution in [3.63, 3.8) is 0 Å². The molecule has 5 rings (SSSR count). The summed E-state index contributed by atoms with van der Waals surface area (Å²) in [5.41, 5.74) is 0.691. The van der Waals surface area contributed by atoms with Crippen LogP contribution in [0.4, 0.5) is 0 Å². The Morgan fingerprint density at radius 3 is 1.97 bits per heavy atom. The maximum Gasteiger partial charge on any atom is 0.334 e. The Hall–Kier alpha value is -3.47. The summed E-state index contributed by atoms with van der Waals surface area (Å²) in [5.74, 6) is 12.4. The van der Waals surface area contributed by atoms with Crippen molar-refractivity contribution in [3.05, 3.63) is 84.5 Å². The maximum absolute atomic E-state index is 12.8. The highest BCUT2D eigenvalue weighted by atomic mass is 28.4. The van der Waals surface area contributed by atoms with Crippen LogP contribution in [0.2, 0.25) is 5.04 Å². The van der Waals surface area contributed by atoms with E-state index in [9.17, 15) is 15.0 Å². The first-order valence-corrected chi connectivity index (χ1v) is 24.4. The van der Waals surface area contributed by atoms with E-state index in [1.54, 1.807) is 0 Å². The number of carbonyl (C=O) groups excluding carboxylic acids is 1. The molecular weight excluding hydrogens is 753 g/mol. The summed E-state index contributed by atoms with van der Waals surface area (Å²) < 4.78 is 25.5. The molecule has 2 N–H and O–H groups in total. The Morgan fingerprint density at radius 1 is 0.814 bits per heavy atom. The molecule has 59 heavy (non-hydrogen) atoms. The fourth-order valence-electron chi connectivity index (χ4n) is 8.83. The van der Waals surface area contributed by atoms with Crippen molar-refractivity contribution < 1.29 is 33.6 Å². The number of aliphatic hydroxyl groups excluding tert-OH is 2. The third kappa shape index (κ3) is 13.5. The van der Waals surface area contributed by atoms with E-state index in [1.807, 2.05) is 31.2 Å². The van der Waals surface area contributed by atoms with Crippen molar-refractivity contribution in [2.45, 2.75) is 191 Å². The Labute approximate surface area is 356 Å². The largest absolute Gasteiger partial charge is 0.455 e. The van der Waals surface area contributed by atoms with Gasteiger partial charge in [-0.2, -0.15) is 0 Å². The number of hydrogen-bond donors (Lipinski definition) is 2. The summed E-state index contributed by atoms with van der Waals surface area (Å²) in [4.78, 5) is 12.8. The van der Waals surface area contributed by atoms with Gasteiger partial charge in [0.15, 0.2) is 0 Å². The van der Waals surface area contributed by atoms with Gasteiger partial charge < -0.3 is 28.8 Å². The van der Waals surface area contributed by atoms with Gasteiger partial charge >= 0.3 is 5.97 Å². The minimum Gasteiger partial charge on any atom is -0.455 e. The van der Waals surface area contributed by atoms with E-state index < -0.39 is 20.5 Å². The lowest BCUT2D eigenvalue weighted by Gasteiger charge is -2.45. The first-order valence-electron chi connectivity index (χ1n) is 22.5. The van der Waals surface area contributed by atoms with E-state index in [-0.39, 0.29) is 47.6 Å². The van der Waals surface area contributed by atoms with E-state index in [4.69, 9.17) is 18.6 Å². The van der Waals surface area contributed by atoms with Crippen LogP contribution in [-0.4, -0.2) is 73.3 Å². The average Bonchev–Trinajstić information content (AvgIpc) is 3.99. The van der Waals surface area contributed by atoms with Gasteiger partial charge in [-0.05, 0) is 85.9 Å². The molecule has 2 saturated heterocycles. The van der Waals surface area contributed by atoms with Crippen LogP contribution in [0.3, 0.4) is 0 Å². The molecule has 8 heteroatoms. The Kier molecular flexibility index (Phi) is 18.6. The molecule has 8 atom stereocenters. The van der Waals surface area contributed by atoms with Crippen LogP contribution in [0.15, 0.2) is 84.5 Å². The summed E-state index contributed by atoms with van der Waals surface area (Å²) in [6.07, 6.45) is 17.7. The standard InChI is InChI=1S/C51H70O7Si/c1-6-7-8-9-10-11-15-24-31-44(52)46-33-35-48(56-46)49-36-34-47(57-49)45(53)32-25-16-13-12-14-19-26-41(38-40-37-39(2)55-50(40)54)58-59(51(3,4)5,42-27-20-17-21-28-42)43-29-22-18-23-30-43/h12-13,17-18,20-23,27-30,37,39,41,44-49,52-53H,6-11,14,19,26,31-36,38H2,1-5H3/t39-,41+,44+,45+,46+,47+,48+,49+/m0/s1. The predicted octanol–water partition coefficient (Wildman–Crippen LogP) is 8.88. The van der Waals surface area contributed by atoms with E-state index in [0.29, 0.717) is 24.8 Å². The number of rotatable bonds is 20. The lowest BCUT2D eigenvalue weighted by Crippen LogP contribution is -2.67. The molecule has 3 aliphatic heterocycles. The first-order chi connectivity index (χ1) is 28.5. The second-order valence-electron chi connectivity index (χ2n) is 17.7. The lowest BCUT2D eigenvalue weighted by molar-refractivity contribution is -0.139. The van der Waals surface area contributed by atoms with Gasteiger partial charge in [-0.25, -0.2) is 4.79 Å². The number of unbranched alkanes of at least 4 members (excludes halogenated alkanes) is 6. The minimum absolute atomic E-state index is 0.0615. The zero-order chi connectivity index (χ0) is 42.1. The van der Waals surface area contributed by atoms with Gasteiger partial charge in [-0.15, -0.1) is 11.8 Å². The van der Waals surface area contributed by atoms with Crippen LogP contribution in [0.5, 0.6) is 0 Å². The van der Waals surface area contributed by atoms with Crippen LogP contribution in [0.1, 0.15) is 137 Å². The first kappa shape index (κ1) is 46.6. The van der Waals surface area contributed by atoms with Crippen LogP contribution >= 0.6 is 0 Å². The molecule has 2 aromatic rings. The number of benzene rings is 2. The highest BCUT2D eigenvalue weighted by Crippen LogP contribution is 2.39. The number of carbonyl (C=O) groups is 1. The van der Waals surface area contributed by atoms with Gasteiger partial charge in [0.1, 0.15) is 6.10 Å². The molecule has 0 aromatic heterocycles. The molecule has 2 fully saturated rings. The highest BCUT2D eigenvalue weighted by molar-refractivity contribution is 6.99. The highest BCUT2D eigenvalue weighted by Gasteiger charge is 2.51. The SMILES string of the molecule is CCCCCCCC#CC[C@@H](O)[C@H]1CC[C@H]([C@H]2CC[C@H]([C@H](O)CC#CC=CCCC[C@H](CC3=C[C@H](C)OC3=O)O[Si](c3ccccc3)(c3ccccc3)C(C)(C)C)O2)O1. The van der Waals surface area contributed by atoms with E-state index >= 15 is 0 Å². The summed E-state index contributed by atoms with van der Waals surface area (Å²) in [6, 6.07) is 21.2. The van der Waals surface area contributed by atoms with Crippen LogP contribution in [0, 0.1) is 23.7 Å². The van der Waals surface area contributed by atoms with Gasteiger partial charge in [-0.1, -0.05) is 132 Å². The summed E-state index contributed by atoms with van der Waals surface area (Å²) in [5, 5.41) is 23.9. The van der Waals surface area contributed by atoms with Crippen molar-refractivity contribution in [3.8, 4) is 23.7 Å². The maximum atomic E-state index is 12.8. The molecule has 0 saturated carbocycles. The predicted molar refractivity (Wildman–Crippen MR) is 240 cm³/mol. The third-order valence-electron chi connectivity index (χ3n) is 12.0. The summed E-state index contributed by atoms with van der Waals surface area (Å²) >= 11 is 0. The number of esters is 1. The summed E-state index contributed by atoms with van der Waals surface area (Å²) in [6.45, 7) is 10.9. The fraction of sp³-hybridized carbons (Fsp3) is 0.588. The van der Waals surface area contributed by atoms with Crippen molar-refractivity contribution in [1.82, 2.24) is 0 Å². The van der Waals surface area contributed by atoms with Crippen LogP contribution in [0.25, 0.3) is 0 Å². The number of ether oxygens (including phenoxy) is 3. The molecule has 0 amide bonds. The summed E-state index contributed by atoms with van der Waals surface area (Å²) in [7, 11) is -2.84. The van der Waals surface area contributed by atoms with E-state index in [2.05, 4.69) is 106 Å². The Morgan fingerprint density at radius 2 is 1.41 bits per heavy atom. The average molecular weight is 823 g/mol. The number of cyclic esters (lactones) is 1. The van der Waals surface area contributed by atoms with Gasteiger partial charge in [0.25, 0.3) is 8.32 Å². The van der Waals surface area contributed by atoms with E-state index in [0.717, 1.165) is 57.8 Å². The quantitative estimate of drug-likeness (QED) is 0.0597. The smallest absolute Gasteiger partial charge is 0.334 e. The van der Waals surface area contributed by atoms with Gasteiger partial charge in [0, 0.05) is 31.3 Å². The van der Waals surface area contributed by atoms with Crippen LogP contribution in [-0.2, 0) is 23.4 Å². The molecule has 0 unspecified atom stereocenters. The van der Waals surface area contributed by atoms with Crippen molar-refractivity contribution in [1.29, 1.82) is 0 Å². The molecule has 0 aliphatic carbocycles. The molecule has 2 aromatic carbocycles. The normalized spacial score (nSPS) is 23.5. The monoisotopic (exact) mass is 822 g/mol. The Balaban J connectivity index is 1.09. The molecule has 0 bridgehead atoms. The van der Waals surface area contributed by atoms with Gasteiger partial charge in [-0.3, -0.25) is 0 Å². The third-order valence-corrected chi connectivity index (χ3v) is 17.1. The molecule has 3 aliphatic rings. The van der Waals surface area contributed by atoms with Gasteiger partial charge in [0.05, 0.1) is 42.7 Å². The zero-order valence-electron chi connectivity index (χ0n) is 36.4. The van der Waals surface area contributed by atoms with Crippen molar-refractivity contribution >= 4 is 24.7 Å². The second-order valence-corrected chi connectivity index (χ2v) is 22.0. The van der Waals surface area contributed by atoms with E-state index in [1.165, 1.54) is 36.1 Å². The number of allylic oxidation sites excluding steroid dienone is 2. The van der Waals surface area contributed by atoms with Crippen molar-refractivity contribution in [2.75, 3.05) is 0 Å². The van der Waals surface area contributed by atoms with Crippen LogP contribution < -0.4 is 10.4 Å². The number of aliphatic hydroxyl groups is 2. The van der Waals surface area contributed by atoms with Crippen molar-refractivity contribution in [2.24, 2.45) is 0 Å². The molecule has 320 valence electrons. The molecule has 3 heterocycles. The minimum atomic E-state index is -2.84. The zero-order valence-corrected chi connectivity index (χ0v) is 37.4. The molecule has 7 nitrogen and oxygen atoms in total.